The van der Waals surface area contributed by atoms with Gasteiger partial charge in [0.2, 0.25) is 0 Å². The van der Waals surface area contributed by atoms with Gasteiger partial charge in [-0.3, -0.25) is 14.5 Å². The molecular formula is C26H18Cl2N2O4S. The number of methoxy groups -OCH3 is 1. The van der Waals surface area contributed by atoms with Crippen molar-refractivity contribution in [2.24, 2.45) is 0 Å². The van der Waals surface area contributed by atoms with Gasteiger partial charge in [0.15, 0.2) is 16.7 Å². The first-order valence-electron chi connectivity index (χ1n) is 10.6. The second-order valence-corrected chi connectivity index (χ2v) is 9.79. The van der Waals surface area contributed by atoms with E-state index in [0.29, 0.717) is 37.6 Å². The number of amides is 1. The number of halogens is 2. The van der Waals surface area contributed by atoms with Crippen molar-refractivity contribution >= 4 is 61.6 Å². The summed E-state index contributed by atoms with van der Waals surface area (Å²) in [5, 5.41) is 12.3. The van der Waals surface area contributed by atoms with E-state index in [1.165, 1.54) is 23.3 Å². The summed E-state index contributed by atoms with van der Waals surface area (Å²) in [4.78, 5) is 32.9. The van der Waals surface area contributed by atoms with E-state index < -0.39 is 23.5 Å². The minimum absolute atomic E-state index is 0.000479. The predicted molar refractivity (Wildman–Crippen MR) is 138 cm³/mol. The number of benzene rings is 3. The topological polar surface area (TPSA) is 79.7 Å². The Morgan fingerprint density at radius 3 is 2.54 bits per heavy atom. The van der Waals surface area contributed by atoms with Crippen LogP contribution in [-0.2, 0) is 16.0 Å². The molecule has 1 aliphatic heterocycles. The molecule has 35 heavy (non-hydrogen) atoms. The molecular weight excluding hydrogens is 507 g/mol. The highest BCUT2D eigenvalue weighted by Crippen LogP contribution is 2.44. The second kappa shape index (κ2) is 9.34. The summed E-state index contributed by atoms with van der Waals surface area (Å²) < 4.78 is 6.15. The van der Waals surface area contributed by atoms with Crippen molar-refractivity contribution in [1.82, 2.24) is 4.98 Å². The van der Waals surface area contributed by atoms with E-state index in [1.807, 2.05) is 0 Å². The van der Waals surface area contributed by atoms with Crippen molar-refractivity contribution in [3.63, 3.8) is 0 Å². The third-order valence-electron chi connectivity index (χ3n) is 5.78. The normalized spacial score (nSPS) is 15.8. The van der Waals surface area contributed by atoms with Crippen LogP contribution in [0.1, 0.15) is 17.2 Å². The van der Waals surface area contributed by atoms with Gasteiger partial charge in [-0.2, -0.15) is 0 Å². The van der Waals surface area contributed by atoms with E-state index in [-0.39, 0.29) is 12.0 Å². The first kappa shape index (κ1) is 23.4. The Hall–Kier alpha value is -3.39. The zero-order valence-electron chi connectivity index (χ0n) is 18.4. The zero-order chi connectivity index (χ0) is 24.7. The number of nitrogens with zero attached hydrogens (tertiary/aromatic N) is 2. The molecule has 0 bridgehead atoms. The van der Waals surface area contributed by atoms with Gasteiger partial charge in [0.25, 0.3) is 5.91 Å². The first-order chi connectivity index (χ1) is 16.9. The molecule has 176 valence electrons. The van der Waals surface area contributed by atoms with Gasteiger partial charge >= 0.3 is 0 Å². The minimum Gasteiger partial charge on any atom is -0.503 e. The summed E-state index contributed by atoms with van der Waals surface area (Å²) in [5.74, 6) is -1.14. The minimum atomic E-state index is -0.877. The van der Waals surface area contributed by atoms with Crippen molar-refractivity contribution in [2.75, 3.05) is 12.0 Å². The van der Waals surface area contributed by atoms with Gasteiger partial charge in [0, 0.05) is 22.0 Å². The first-order valence-corrected chi connectivity index (χ1v) is 12.2. The van der Waals surface area contributed by atoms with Crippen LogP contribution in [0.3, 0.4) is 0 Å². The molecule has 0 fully saturated rings. The number of aliphatic hydroxyl groups is 1. The smallest absolute Gasteiger partial charge is 0.296 e. The number of fused-ring (bicyclic) bond motifs is 1. The van der Waals surface area contributed by atoms with Gasteiger partial charge in [-0.15, -0.1) is 0 Å². The molecule has 6 nitrogen and oxygen atoms in total. The molecule has 1 aliphatic rings. The molecule has 1 unspecified atom stereocenters. The molecule has 3 aromatic carbocycles. The van der Waals surface area contributed by atoms with Crippen molar-refractivity contribution in [1.29, 1.82) is 0 Å². The average molecular weight is 525 g/mol. The number of anilines is 1. The molecule has 5 rings (SSSR count). The van der Waals surface area contributed by atoms with Gasteiger partial charge in [-0.1, -0.05) is 64.9 Å². The molecule has 1 aromatic heterocycles. The number of ether oxygens (including phenoxy) is 1. The van der Waals surface area contributed by atoms with Crippen LogP contribution < -0.4 is 9.64 Å². The van der Waals surface area contributed by atoms with Gasteiger partial charge < -0.3 is 9.84 Å². The van der Waals surface area contributed by atoms with E-state index in [2.05, 4.69) is 4.98 Å². The van der Waals surface area contributed by atoms with Crippen molar-refractivity contribution < 1.29 is 19.4 Å². The van der Waals surface area contributed by atoms with Gasteiger partial charge in [-0.05, 0) is 42.0 Å². The third-order valence-corrected chi connectivity index (χ3v) is 7.29. The Bertz CT molecular complexity index is 1500. The average Bonchev–Trinajstić information content (AvgIpc) is 3.37. The number of aromatic nitrogens is 1. The Kier molecular flexibility index (Phi) is 6.23. The lowest BCUT2D eigenvalue weighted by Crippen LogP contribution is -2.31. The fourth-order valence-corrected chi connectivity index (χ4v) is 5.55. The highest BCUT2D eigenvalue weighted by Gasteiger charge is 2.45. The standard InChI is InChI=1S/C26H18Cl2N2O4S/c1-34-20-5-3-2-4-15(20)12-19(31)22-23(14-6-8-16(27)9-7-14)30(25(33)24(22)32)26-29-18-11-10-17(28)13-21(18)35-26/h2-11,13,23,32H,12H2,1H3. The van der Waals surface area contributed by atoms with Crippen LogP contribution in [0.15, 0.2) is 78.1 Å². The van der Waals surface area contributed by atoms with Gasteiger partial charge in [0.05, 0.1) is 28.9 Å². The molecule has 0 radical (unpaired) electrons. The SMILES string of the molecule is COc1ccccc1CC(=O)C1=C(O)C(=O)N(c2nc3ccc(Cl)cc3s2)C1c1ccc(Cl)cc1. The largest absolute Gasteiger partial charge is 0.503 e. The lowest BCUT2D eigenvalue weighted by Gasteiger charge is -2.24. The van der Waals surface area contributed by atoms with Crippen LogP contribution in [-0.4, -0.2) is 28.9 Å². The maximum atomic E-state index is 13.6. The monoisotopic (exact) mass is 524 g/mol. The van der Waals surface area contributed by atoms with Gasteiger partial charge in [0.1, 0.15) is 5.75 Å². The van der Waals surface area contributed by atoms with E-state index in [1.54, 1.807) is 66.7 Å². The summed E-state index contributed by atoms with van der Waals surface area (Å²) in [6.07, 6.45) is -0.0515. The predicted octanol–water partition coefficient (Wildman–Crippen LogP) is 6.32. The number of ketones is 1. The van der Waals surface area contributed by atoms with Crippen LogP contribution in [0.2, 0.25) is 10.0 Å². The number of carbonyl (C=O) groups is 2. The molecule has 0 saturated heterocycles. The summed E-state index contributed by atoms with van der Waals surface area (Å²) >= 11 is 13.5. The number of para-hydroxylation sites is 1. The van der Waals surface area contributed by atoms with E-state index in [9.17, 15) is 14.7 Å². The highest BCUT2D eigenvalue weighted by molar-refractivity contribution is 7.22. The molecule has 1 atom stereocenters. The van der Waals surface area contributed by atoms with E-state index in [4.69, 9.17) is 27.9 Å². The second-order valence-electron chi connectivity index (χ2n) is 7.91. The number of carbonyl (C=O) groups excluding carboxylic acids is 2. The van der Waals surface area contributed by atoms with Crippen molar-refractivity contribution in [2.45, 2.75) is 12.5 Å². The highest BCUT2D eigenvalue weighted by atomic mass is 35.5. The van der Waals surface area contributed by atoms with Crippen LogP contribution >= 0.6 is 34.5 Å². The lowest BCUT2D eigenvalue weighted by molar-refractivity contribution is -0.117. The Morgan fingerprint density at radius 2 is 1.80 bits per heavy atom. The molecule has 2 heterocycles. The van der Waals surface area contributed by atoms with Gasteiger partial charge in [-0.25, -0.2) is 4.98 Å². The van der Waals surface area contributed by atoms with Crippen LogP contribution in [0.5, 0.6) is 5.75 Å². The fraction of sp³-hybridized carbons (Fsp3) is 0.115. The number of hydrogen-bond acceptors (Lipinski definition) is 6. The third kappa shape index (κ3) is 4.27. The summed E-state index contributed by atoms with van der Waals surface area (Å²) in [6.45, 7) is 0. The van der Waals surface area contributed by atoms with Crippen molar-refractivity contribution in [3.05, 3.63) is 99.2 Å². The summed E-state index contributed by atoms with van der Waals surface area (Å²) in [7, 11) is 1.52. The molecule has 4 aromatic rings. The summed E-state index contributed by atoms with van der Waals surface area (Å²) in [6, 6.07) is 18.3. The number of Topliss-reactive ketones (excluding diaryl/α,β-unsaturated/α-hetero) is 1. The Morgan fingerprint density at radius 1 is 1.09 bits per heavy atom. The number of hydrogen-bond donors (Lipinski definition) is 1. The summed E-state index contributed by atoms with van der Waals surface area (Å²) in [5.41, 5.74) is 1.93. The van der Waals surface area contributed by atoms with Crippen LogP contribution in [0.25, 0.3) is 10.2 Å². The fourth-order valence-electron chi connectivity index (χ4n) is 4.15. The zero-order valence-corrected chi connectivity index (χ0v) is 20.7. The van der Waals surface area contributed by atoms with E-state index in [0.717, 1.165) is 4.70 Å². The molecule has 0 spiro atoms. The number of thiazole rings is 1. The molecule has 0 saturated carbocycles. The maximum Gasteiger partial charge on any atom is 0.296 e. The molecule has 0 aliphatic carbocycles. The van der Waals surface area contributed by atoms with Crippen molar-refractivity contribution in [3.8, 4) is 5.75 Å². The molecule has 9 heteroatoms. The van der Waals surface area contributed by atoms with E-state index >= 15 is 0 Å². The quantitative estimate of drug-likeness (QED) is 0.319. The molecule has 1 amide bonds. The Balaban J connectivity index is 1.61. The molecule has 1 N–H and O–H groups in total. The maximum absolute atomic E-state index is 13.6. The Labute approximate surface area is 215 Å². The van der Waals surface area contributed by atoms with Crippen LogP contribution in [0.4, 0.5) is 5.13 Å². The number of rotatable bonds is 6. The lowest BCUT2D eigenvalue weighted by atomic mass is 9.93. The number of aliphatic hydroxyl groups excluding tert-OH is 1. The van der Waals surface area contributed by atoms with Crippen LogP contribution in [0, 0.1) is 0 Å².